The highest BCUT2D eigenvalue weighted by atomic mass is 14.6. The molecule has 1 nitrogen and oxygen atoms in total. The van der Waals surface area contributed by atoms with Crippen LogP contribution in [0.1, 0.15) is 56.7 Å². The van der Waals surface area contributed by atoms with Gasteiger partial charge in [0.15, 0.2) is 0 Å². The molecule has 0 saturated carbocycles. The molecule has 0 bridgehead atoms. The summed E-state index contributed by atoms with van der Waals surface area (Å²) in [7, 11) is 0. The van der Waals surface area contributed by atoms with Crippen molar-refractivity contribution in [2.75, 3.05) is 0 Å². The van der Waals surface area contributed by atoms with Crippen LogP contribution in [0, 0.1) is 0 Å². The van der Waals surface area contributed by atoms with Gasteiger partial charge in [0, 0.05) is 6.04 Å². The van der Waals surface area contributed by atoms with Gasteiger partial charge < -0.3 is 5.73 Å². The van der Waals surface area contributed by atoms with Crippen molar-refractivity contribution in [2.45, 2.75) is 45.6 Å². The van der Waals surface area contributed by atoms with Gasteiger partial charge in [-0.25, -0.2) is 0 Å². The molecule has 2 atom stereocenters. The van der Waals surface area contributed by atoms with Gasteiger partial charge in [-0.05, 0) is 29.9 Å². The van der Waals surface area contributed by atoms with Gasteiger partial charge in [-0.15, -0.1) is 0 Å². The molecule has 0 fully saturated rings. The van der Waals surface area contributed by atoms with E-state index in [1.54, 1.807) is 0 Å². The first-order valence-electron chi connectivity index (χ1n) is 5.54. The number of benzene rings is 1. The zero-order chi connectivity index (χ0) is 10.6. The highest BCUT2D eigenvalue weighted by Crippen LogP contribution is 2.21. The zero-order valence-corrected chi connectivity index (χ0v) is 9.46. The van der Waals surface area contributed by atoms with Crippen LogP contribution in [0.4, 0.5) is 0 Å². The highest BCUT2D eigenvalue weighted by molar-refractivity contribution is 5.26. The predicted molar refractivity (Wildman–Crippen MR) is 62.4 cm³/mol. The van der Waals surface area contributed by atoms with Gasteiger partial charge in [-0.2, -0.15) is 0 Å². The van der Waals surface area contributed by atoms with Crippen molar-refractivity contribution >= 4 is 0 Å². The molecule has 0 amide bonds. The molecule has 0 saturated heterocycles. The van der Waals surface area contributed by atoms with Gasteiger partial charge in [-0.1, -0.05) is 45.0 Å². The summed E-state index contributed by atoms with van der Waals surface area (Å²) in [6.45, 7) is 6.60. The maximum absolute atomic E-state index is 5.95. The average Bonchev–Trinajstić information content (AvgIpc) is 2.27. The van der Waals surface area contributed by atoms with Gasteiger partial charge in [0.05, 0.1) is 0 Å². The standard InChI is InChI=1S/C13H21N/c1-4-10(3)11-6-8-12(9-7-11)13(14)5-2/h6-10,13H,4-5,14H2,1-3H3. The van der Waals surface area contributed by atoms with Crippen molar-refractivity contribution in [1.29, 1.82) is 0 Å². The Kier molecular flexibility index (Phi) is 4.15. The van der Waals surface area contributed by atoms with Gasteiger partial charge in [0.25, 0.3) is 0 Å². The first-order valence-corrected chi connectivity index (χ1v) is 5.54. The molecule has 14 heavy (non-hydrogen) atoms. The van der Waals surface area contributed by atoms with Crippen LogP contribution in [0.5, 0.6) is 0 Å². The van der Waals surface area contributed by atoms with Crippen LogP contribution in [0.2, 0.25) is 0 Å². The summed E-state index contributed by atoms with van der Waals surface area (Å²) in [5.74, 6) is 0.655. The summed E-state index contributed by atoms with van der Waals surface area (Å²) >= 11 is 0. The average molecular weight is 191 g/mol. The molecule has 1 aromatic rings. The van der Waals surface area contributed by atoms with E-state index in [-0.39, 0.29) is 6.04 Å². The Hall–Kier alpha value is -0.820. The lowest BCUT2D eigenvalue weighted by Crippen LogP contribution is -2.08. The first-order chi connectivity index (χ1) is 6.69. The number of hydrogen-bond donors (Lipinski definition) is 1. The van der Waals surface area contributed by atoms with Crippen LogP contribution in [0.15, 0.2) is 24.3 Å². The number of nitrogens with two attached hydrogens (primary N) is 1. The van der Waals surface area contributed by atoms with Crippen LogP contribution >= 0.6 is 0 Å². The summed E-state index contributed by atoms with van der Waals surface area (Å²) in [4.78, 5) is 0. The lowest BCUT2D eigenvalue weighted by Gasteiger charge is -2.12. The van der Waals surface area contributed by atoms with Gasteiger partial charge in [0.2, 0.25) is 0 Å². The van der Waals surface area contributed by atoms with Crippen molar-refractivity contribution < 1.29 is 0 Å². The molecular weight excluding hydrogens is 170 g/mol. The lowest BCUT2D eigenvalue weighted by molar-refractivity contribution is 0.694. The lowest BCUT2D eigenvalue weighted by atomic mass is 9.96. The van der Waals surface area contributed by atoms with Crippen molar-refractivity contribution in [3.63, 3.8) is 0 Å². The van der Waals surface area contributed by atoms with Gasteiger partial charge in [-0.3, -0.25) is 0 Å². The van der Waals surface area contributed by atoms with E-state index in [9.17, 15) is 0 Å². The van der Waals surface area contributed by atoms with E-state index in [0.29, 0.717) is 5.92 Å². The fourth-order valence-electron chi connectivity index (χ4n) is 1.54. The number of rotatable bonds is 4. The van der Waals surface area contributed by atoms with Crippen molar-refractivity contribution in [3.8, 4) is 0 Å². The molecule has 0 aromatic heterocycles. The predicted octanol–water partition coefficient (Wildman–Crippen LogP) is 3.61. The Morgan fingerprint density at radius 1 is 1.00 bits per heavy atom. The second kappa shape index (κ2) is 5.16. The van der Waals surface area contributed by atoms with Crippen LogP contribution < -0.4 is 5.73 Å². The Morgan fingerprint density at radius 3 is 1.93 bits per heavy atom. The summed E-state index contributed by atoms with van der Waals surface area (Å²) in [5.41, 5.74) is 8.62. The van der Waals surface area contributed by atoms with E-state index in [0.717, 1.165) is 6.42 Å². The van der Waals surface area contributed by atoms with Crippen LogP contribution in [-0.2, 0) is 0 Å². The highest BCUT2D eigenvalue weighted by Gasteiger charge is 2.05. The molecular formula is C13H21N. The van der Waals surface area contributed by atoms with Crippen LogP contribution in [0.3, 0.4) is 0 Å². The minimum Gasteiger partial charge on any atom is -0.324 e. The van der Waals surface area contributed by atoms with Crippen molar-refractivity contribution in [3.05, 3.63) is 35.4 Å². The third-order valence-electron chi connectivity index (χ3n) is 2.99. The Balaban J connectivity index is 2.78. The minimum atomic E-state index is 0.195. The van der Waals surface area contributed by atoms with Gasteiger partial charge >= 0.3 is 0 Å². The maximum atomic E-state index is 5.95. The van der Waals surface area contributed by atoms with E-state index in [1.165, 1.54) is 17.5 Å². The summed E-state index contributed by atoms with van der Waals surface area (Å²) in [5, 5.41) is 0. The summed E-state index contributed by atoms with van der Waals surface area (Å²) in [6, 6.07) is 8.93. The molecule has 0 aliphatic rings. The molecule has 0 heterocycles. The quantitative estimate of drug-likeness (QED) is 0.773. The second-order valence-corrected chi connectivity index (χ2v) is 3.99. The van der Waals surface area contributed by atoms with Crippen LogP contribution in [-0.4, -0.2) is 0 Å². The smallest absolute Gasteiger partial charge is 0.0292 e. The first kappa shape index (κ1) is 11.3. The van der Waals surface area contributed by atoms with E-state index < -0.39 is 0 Å². The number of hydrogen-bond acceptors (Lipinski definition) is 1. The molecule has 0 aliphatic heterocycles. The summed E-state index contributed by atoms with van der Waals surface area (Å²) < 4.78 is 0. The second-order valence-electron chi connectivity index (χ2n) is 3.99. The molecule has 0 spiro atoms. The SMILES string of the molecule is CCC(C)c1ccc(C(N)CC)cc1. The topological polar surface area (TPSA) is 26.0 Å². The summed E-state index contributed by atoms with van der Waals surface area (Å²) in [6.07, 6.45) is 2.20. The molecule has 1 aromatic carbocycles. The van der Waals surface area contributed by atoms with Crippen LogP contribution in [0.25, 0.3) is 0 Å². The monoisotopic (exact) mass is 191 g/mol. The van der Waals surface area contributed by atoms with E-state index in [2.05, 4.69) is 45.0 Å². The molecule has 2 N–H and O–H groups in total. The van der Waals surface area contributed by atoms with Crippen molar-refractivity contribution in [1.82, 2.24) is 0 Å². The largest absolute Gasteiger partial charge is 0.324 e. The maximum Gasteiger partial charge on any atom is 0.0292 e. The third-order valence-corrected chi connectivity index (χ3v) is 2.99. The fourth-order valence-corrected chi connectivity index (χ4v) is 1.54. The molecule has 2 unspecified atom stereocenters. The molecule has 1 heteroatoms. The van der Waals surface area contributed by atoms with E-state index in [1.807, 2.05) is 0 Å². The van der Waals surface area contributed by atoms with Gasteiger partial charge in [0.1, 0.15) is 0 Å². The Bertz CT molecular complexity index is 234. The molecule has 0 aliphatic carbocycles. The third kappa shape index (κ3) is 2.58. The Morgan fingerprint density at radius 2 is 1.50 bits per heavy atom. The normalized spacial score (nSPS) is 15.1. The molecule has 0 radical (unpaired) electrons. The fraction of sp³-hybridized carbons (Fsp3) is 0.538. The van der Waals surface area contributed by atoms with E-state index >= 15 is 0 Å². The van der Waals surface area contributed by atoms with Crippen molar-refractivity contribution in [2.24, 2.45) is 5.73 Å². The minimum absolute atomic E-state index is 0.195. The van der Waals surface area contributed by atoms with E-state index in [4.69, 9.17) is 5.73 Å². The molecule has 1 rings (SSSR count). The zero-order valence-electron chi connectivity index (χ0n) is 9.46. The Labute approximate surface area is 87.3 Å². The molecule has 78 valence electrons.